The first-order chi connectivity index (χ1) is 5.77. The van der Waals surface area contributed by atoms with Crippen molar-refractivity contribution in [3.05, 3.63) is 0 Å². The van der Waals surface area contributed by atoms with Crippen molar-refractivity contribution in [1.82, 2.24) is 5.32 Å². The molecule has 1 saturated heterocycles. The summed E-state index contributed by atoms with van der Waals surface area (Å²) in [6.07, 6.45) is 2.71. The second-order valence-corrected chi connectivity index (χ2v) is 3.44. The fraction of sp³-hybridized carbons (Fsp3) is 1.00. The summed E-state index contributed by atoms with van der Waals surface area (Å²) in [7, 11) is 3.50. The van der Waals surface area contributed by atoms with Crippen LogP contribution in [0.1, 0.15) is 19.8 Å². The zero-order chi connectivity index (χ0) is 8.97. The van der Waals surface area contributed by atoms with Crippen molar-refractivity contribution in [2.75, 3.05) is 20.8 Å². The van der Waals surface area contributed by atoms with Gasteiger partial charge in [0.1, 0.15) is 0 Å². The second-order valence-electron chi connectivity index (χ2n) is 3.44. The van der Waals surface area contributed by atoms with E-state index in [1.165, 1.54) is 12.8 Å². The van der Waals surface area contributed by atoms with Crippen molar-refractivity contribution in [3.63, 3.8) is 0 Å². The van der Waals surface area contributed by atoms with Crippen LogP contribution in [-0.2, 0) is 9.47 Å². The third kappa shape index (κ3) is 2.44. The van der Waals surface area contributed by atoms with Gasteiger partial charge in [-0.15, -0.1) is 0 Å². The summed E-state index contributed by atoms with van der Waals surface area (Å²) >= 11 is 0. The van der Waals surface area contributed by atoms with E-state index in [9.17, 15) is 0 Å². The molecule has 0 aromatic rings. The van der Waals surface area contributed by atoms with Crippen molar-refractivity contribution in [1.29, 1.82) is 0 Å². The van der Waals surface area contributed by atoms with Crippen molar-refractivity contribution >= 4 is 0 Å². The van der Waals surface area contributed by atoms with E-state index in [-0.39, 0.29) is 0 Å². The summed E-state index contributed by atoms with van der Waals surface area (Å²) in [6, 6.07) is 1.03. The minimum atomic E-state index is 0.312. The maximum absolute atomic E-state index is 5.26. The molecule has 12 heavy (non-hydrogen) atoms. The normalized spacial score (nSPS) is 32.2. The molecule has 0 saturated carbocycles. The maximum atomic E-state index is 5.26. The highest BCUT2D eigenvalue weighted by atomic mass is 16.5. The fourth-order valence-corrected chi connectivity index (χ4v) is 1.72. The Morgan fingerprint density at radius 3 is 2.75 bits per heavy atom. The van der Waals surface area contributed by atoms with Crippen LogP contribution in [0.3, 0.4) is 0 Å². The highest BCUT2D eigenvalue weighted by Gasteiger charge is 2.27. The SMILES string of the molecule is COC[C@@H]1CCC(C(C)OC)N1. The van der Waals surface area contributed by atoms with Gasteiger partial charge in [0.25, 0.3) is 0 Å². The lowest BCUT2D eigenvalue weighted by atomic mass is 10.1. The van der Waals surface area contributed by atoms with Crippen LogP contribution in [0.15, 0.2) is 0 Å². The van der Waals surface area contributed by atoms with E-state index in [2.05, 4.69) is 12.2 Å². The molecule has 3 heteroatoms. The van der Waals surface area contributed by atoms with Crippen LogP contribution in [0.25, 0.3) is 0 Å². The number of hydrogen-bond acceptors (Lipinski definition) is 3. The molecule has 3 atom stereocenters. The van der Waals surface area contributed by atoms with E-state index in [0.717, 1.165) is 6.61 Å². The molecule has 72 valence electrons. The van der Waals surface area contributed by atoms with E-state index in [1.54, 1.807) is 14.2 Å². The molecule has 1 rings (SSSR count). The lowest BCUT2D eigenvalue weighted by Crippen LogP contribution is -2.39. The van der Waals surface area contributed by atoms with Gasteiger partial charge in [0, 0.05) is 26.3 Å². The van der Waals surface area contributed by atoms with Crippen LogP contribution in [0.4, 0.5) is 0 Å². The topological polar surface area (TPSA) is 30.5 Å². The molecular weight excluding hydrogens is 154 g/mol. The zero-order valence-corrected chi connectivity index (χ0v) is 8.17. The molecule has 2 unspecified atom stereocenters. The first-order valence-corrected chi connectivity index (χ1v) is 4.55. The highest BCUT2D eigenvalue weighted by Crippen LogP contribution is 2.16. The van der Waals surface area contributed by atoms with Gasteiger partial charge < -0.3 is 14.8 Å². The summed E-state index contributed by atoms with van der Waals surface area (Å²) in [4.78, 5) is 0. The van der Waals surface area contributed by atoms with Crippen molar-refractivity contribution in [2.45, 2.75) is 38.0 Å². The van der Waals surface area contributed by atoms with Crippen LogP contribution in [0.2, 0.25) is 0 Å². The standard InChI is InChI=1S/C9H19NO2/c1-7(12-3)9-5-4-8(10-9)6-11-2/h7-10H,4-6H2,1-3H3/t7?,8-,9?/m0/s1. The number of hydrogen-bond donors (Lipinski definition) is 1. The molecule has 0 amide bonds. The van der Waals surface area contributed by atoms with Crippen LogP contribution in [0.5, 0.6) is 0 Å². The quantitative estimate of drug-likeness (QED) is 0.681. The fourth-order valence-electron chi connectivity index (χ4n) is 1.72. The Bertz CT molecular complexity index is 130. The summed E-state index contributed by atoms with van der Waals surface area (Å²) < 4.78 is 10.3. The van der Waals surface area contributed by atoms with Crippen molar-refractivity contribution < 1.29 is 9.47 Å². The third-order valence-corrected chi connectivity index (χ3v) is 2.58. The van der Waals surface area contributed by atoms with Crippen LogP contribution < -0.4 is 5.32 Å². The Morgan fingerprint density at radius 2 is 2.17 bits per heavy atom. The first kappa shape index (κ1) is 9.96. The molecule has 0 bridgehead atoms. The molecule has 0 radical (unpaired) electrons. The van der Waals surface area contributed by atoms with E-state index in [1.807, 2.05) is 0 Å². The maximum Gasteiger partial charge on any atom is 0.0696 e. The van der Waals surface area contributed by atoms with Gasteiger partial charge >= 0.3 is 0 Å². The molecule has 1 heterocycles. The summed E-state index contributed by atoms with van der Waals surface area (Å²) in [5.74, 6) is 0. The van der Waals surface area contributed by atoms with E-state index < -0.39 is 0 Å². The predicted molar refractivity (Wildman–Crippen MR) is 48.3 cm³/mol. The van der Waals surface area contributed by atoms with Gasteiger partial charge in [0.2, 0.25) is 0 Å². The van der Waals surface area contributed by atoms with Gasteiger partial charge in [-0.3, -0.25) is 0 Å². The summed E-state index contributed by atoms with van der Waals surface area (Å²) in [6.45, 7) is 2.92. The Morgan fingerprint density at radius 1 is 1.42 bits per heavy atom. The van der Waals surface area contributed by atoms with Gasteiger partial charge in [-0.1, -0.05) is 0 Å². The Kier molecular flexibility index (Phi) is 3.98. The molecule has 1 fully saturated rings. The molecule has 1 aliphatic rings. The predicted octanol–water partition coefficient (Wildman–Crippen LogP) is 0.788. The lowest BCUT2D eigenvalue weighted by molar-refractivity contribution is 0.0847. The van der Waals surface area contributed by atoms with Gasteiger partial charge in [-0.25, -0.2) is 0 Å². The monoisotopic (exact) mass is 173 g/mol. The lowest BCUT2D eigenvalue weighted by Gasteiger charge is -2.19. The average Bonchev–Trinajstić information content (AvgIpc) is 2.52. The smallest absolute Gasteiger partial charge is 0.0696 e. The van der Waals surface area contributed by atoms with Gasteiger partial charge in [0.15, 0.2) is 0 Å². The van der Waals surface area contributed by atoms with Gasteiger partial charge in [0.05, 0.1) is 12.7 Å². The molecule has 0 aromatic carbocycles. The first-order valence-electron chi connectivity index (χ1n) is 4.55. The minimum Gasteiger partial charge on any atom is -0.383 e. The number of nitrogens with one attached hydrogen (secondary N) is 1. The van der Waals surface area contributed by atoms with Crippen LogP contribution >= 0.6 is 0 Å². The van der Waals surface area contributed by atoms with Gasteiger partial charge in [-0.05, 0) is 19.8 Å². The Hall–Kier alpha value is -0.120. The number of methoxy groups -OCH3 is 2. The molecule has 3 nitrogen and oxygen atoms in total. The van der Waals surface area contributed by atoms with Crippen molar-refractivity contribution in [3.8, 4) is 0 Å². The average molecular weight is 173 g/mol. The largest absolute Gasteiger partial charge is 0.383 e. The summed E-state index contributed by atoms with van der Waals surface area (Å²) in [5.41, 5.74) is 0. The van der Waals surface area contributed by atoms with E-state index >= 15 is 0 Å². The molecule has 0 aliphatic carbocycles. The summed E-state index contributed by atoms with van der Waals surface area (Å²) in [5, 5.41) is 3.49. The highest BCUT2D eigenvalue weighted by molar-refractivity contribution is 4.86. The van der Waals surface area contributed by atoms with E-state index in [4.69, 9.17) is 9.47 Å². The van der Waals surface area contributed by atoms with Gasteiger partial charge in [-0.2, -0.15) is 0 Å². The Balaban J connectivity index is 2.25. The number of rotatable bonds is 4. The van der Waals surface area contributed by atoms with E-state index in [0.29, 0.717) is 18.2 Å². The number of ether oxygens (including phenoxy) is 2. The molecule has 1 aliphatic heterocycles. The van der Waals surface area contributed by atoms with Crippen LogP contribution in [0, 0.1) is 0 Å². The molecule has 0 aromatic heterocycles. The van der Waals surface area contributed by atoms with Crippen molar-refractivity contribution in [2.24, 2.45) is 0 Å². The molecular formula is C9H19NO2. The second kappa shape index (κ2) is 4.80. The Labute approximate surface area is 74.4 Å². The zero-order valence-electron chi connectivity index (χ0n) is 8.17. The van der Waals surface area contributed by atoms with Crippen LogP contribution in [-0.4, -0.2) is 39.0 Å². The molecule has 1 N–H and O–H groups in total. The third-order valence-electron chi connectivity index (χ3n) is 2.58. The molecule has 0 spiro atoms. The minimum absolute atomic E-state index is 0.312.